The predicted molar refractivity (Wildman–Crippen MR) is 91.7 cm³/mol. The first kappa shape index (κ1) is 17.6. The van der Waals surface area contributed by atoms with Gasteiger partial charge in [-0.2, -0.15) is 0 Å². The Morgan fingerprint density at radius 3 is 2.17 bits per heavy atom. The minimum atomic E-state index is -0.454. The summed E-state index contributed by atoms with van der Waals surface area (Å²) in [6.07, 6.45) is 0. The van der Waals surface area contributed by atoms with E-state index >= 15 is 0 Å². The van der Waals surface area contributed by atoms with Crippen LogP contribution in [-0.4, -0.2) is 29.0 Å². The fourth-order valence-electron chi connectivity index (χ4n) is 1.81. The molecule has 0 aliphatic rings. The summed E-state index contributed by atoms with van der Waals surface area (Å²) in [7, 11) is 1.31. The van der Waals surface area contributed by atoms with Gasteiger partial charge in [-0.25, -0.2) is 14.8 Å². The Morgan fingerprint density at radius 1 is 1.04 bits per heavy atom. The highest BCUT2D eigenvalue weighted by Crippen LogP contribution is 2.30. The van der Waals surface area contributed by atoms with Crippen molar-refractivity contribution in [2.45, 2.75) is 40.0 Å². The molecule has 0 bridgehead atoms. The summed E-state index contributed by atoms with van der Waals surface area (Å²) >= 11 is 2.48. The Balaban J connectivity index is 2.23. The van der Waals surface area contributed by atoms with Crippen LogP contribution in [0.5, 0.6) is 0 Å². The Labute approximate surface area is 142 Å². The molecule has 8 heteroatoms. The molecule has 0 saturated carbocycles. The van der Waals surface area contributed by atoms with Gasteiger partial charge in [0.05, 0.1) is 23.5 Å². The number of anilines is 1. The number of carbonyl (C=O) groups excluding carboxylic acids is 2. The second-order valence-electron chi connectivity index (χ2n) is 6.06. The van der Waals surface area contributed by atoms with Gasteiger partial charge in [0.2, 0.25) is 0 Å². The summed E-state index contributed by atoms with van der Waals surface area (Å²) in [5, 5.41) is 4.02. The van der Waals surface area contributed by atoms with E-state index in [0.717, 1.165) is 16.3 Å². The van der Waals surface area contributed by atoms with Crippen LogP contribution in [0.2, 0.25) is 0 Å². The zero-order chi connectivity index (χ0) is 17.4. The maximum absolute atomic E-state index is 12.4. The minimum absolute atomic E-state index is 0.107. The van der Waals surface area contributed by atoms with Gasteiger partial charge in [0.15, 0.2) is 5.13 Å². The summed E-state index contributed by atoms with van der Waals surface area (Å²) in [5.74, 6) is -0.717. The lowest BCUT2D eigenvalue weighted by Gasteiger charge is -2.13. The van der Waals surface area contributed by atoms with Crippen molar-refractivity contribution in [1.29, 1.82) is 0 Å². The van der Waals surface area contributed by atoms with Crippen LogP contribution in [0.1, 0.15) is 56.5 Å². The van der Waals surface area contributed by atoms with E-state index in [1.165, 1.54) is 18.4 Å². The van der Waals surface area contributed by atoms with Gasteiger partial charge in [-0.15, -0.1) is 11.3 Å². The highest BCUT2D eigenvalue weighted by molar-refractivity contribution is 7.18. The smallest absolute Gasteiger partial charge is 0.350 e. The molecule has 124 valence electrons. The van der Waals surface area contributed by atoms with Gasteiger partial charge in [-0.3, -0.25) is 10.1 Å². The first-order valence-electron chi connectivity index (χ1n) is 6.98. The van der Waals surface area contributed by atoms with Crippen molar-refractivity contribution >= 4 is 39.7 Å². The number of amides is 1. The lowest BCUT2D eigenvalue weighted by Crippen LogP contribution is -2.11. The monoisotopic (exact) mass is 353 g/mol. The Kier molecular flexibility index (Phi) is 4.86. The van der Waals surface area contributed by atoms with Crippen LogP contribution in [-0.2, 0) is 10.2 Å². The van der Waals surface area contributed by atoms with E-state index < -0.39 is 5.97 Å². The van der Waals surface area contributed by atoms with Crippen molar-refractivity contribution in [3.63, 3.8) is 0 Å². The van der Waals surface area contributed by atoms with Crippen molar-refractivity contribution in [3.05, 3.63) is 26.1 Å². The molecule has 0 fully saturated rings. The van der Waals surface area contributed by atoms with Gasteiger partial charge in [-0.05, 0) is 13.8 Å². The zero-order valence-electron chi connectivity index (χ0n) is 13.9. The number of hydrogen-bond acceptors (Lipinski definition) is 7. The Morgan fingerprint density at radius 2 is 1.65 bits per heavy atom. The second-order valence-corrected chi connectivity index (χ2v) is 8.06. The zero-order valence-corrected chi connectivity index (χ0v) is 15.6. The second kappa shape index (κ2) is 6.37. The predicted octanol–water partition coefficient (Wildman–Crippen LogP) is 3.55. The number of methoxy groups -OCH3 is 1. The molecule has 1 amide bonds. The van der Waals surface area contributed by atoms with E-state index in [4.69, 9.17) is 4.74 Å². The highest BCUT2D eigenvalue weighted by atomic mass is 32.1. The normalized spacial score (nSPS) is 11.4. The standard InChI is InChI=1S/C15H19N3O3S2/c1-7-9(22-13(16-7)15(3,4)5)11(19)18-14-17-8(2)10(23-14)12(20)21-6/h1-6H3,(H,17,18,19). The SMILES string of the molecule is COC(=O)c1sc(NC(=O)c2sc(C(C)(C)C)nc2C)nc1C. The van der Waals surface area contributed by atoms with Crippen LogP contribution in [0.25, 0.3) is 0 Å². The molecule has 0 aliphatic heterocycles. The molecule has 0 aliphatic carbocycles. The molecule has 0 radical (unpaired) electrons. The molecule has 23 heavy (non-hydrogen) atoms. The molecule has 1 N–H and O–H groups in total. The van der Waals surface area contributed by atoms with Crippen LogP contribution in [0, 0.1) is 13.8 Å². The minimum Gasteiger partial charge on any atom is -0.465 e. The number of ether oxygens (including phenoxy) is 1. The fraction of sp³-hybridized carbons (Fsp3) is 0.467. The van der Waals surface area contributed by atoms with E-state index in [9.17, 15) is 9.59 Å². The molecule has 0 saturated heterocycles. The molecule has 0 atom stereocenters. The molecular formula is C15H19N3O3S2. The quantitative estimate of drug-likeness (QED) is 0.853. The van der Waals surface area contributed by atoms with Gasteiger partial charge < -0.3 is 4.74 Å². The van der Waals surface area contributed by atoms with Gasteiger partial charge >= 0.3 is 5.97 Å². The Hall–Kier alpha value is -1.80. The van der Waals surface area contributed by atoms with Gasteiger partial charge in [0, 0.05) is 5.41 Å². The third-order valence-electron chi connectivity index (χ3n) is 3.03. The number of nitrogens with one attached hydrogen (secondary N) is 1. The van der Waals surface area contributed by atoms with Gasteiger partial charge in [0.1, 0.15) is 9.75 Å². The van der Waals surface area contributed by atoms with Gasteiger partial charge in [0.25, 0.3) is 5.91 Å². The molecule has 6 nitrogen and oxygen atoms in total. The van der Waals surface area contributed by atoms with Crippen molar-refractivity contribution < 1.29 is 14.3 Å². The maximum atomic E-state index is 12.4. The molecule has 0 aromatic carbocycles. The molecule has 2 aromatic rings. The summed E-state index contributed by atoms with van der Waals surface area (Å²) in [6, 6.07) is 0. The van der Waals surface area contributed by atoms with E-state index in [0.29, 0.717) is 26.3 Å². The third kappa shape index (κ3) is 3.76. The Bertz CT molecular complexity index is 757. The number of aryl methyl sites for hydroxylation is 2. The van der Waals surface area contributed by atoms with Gasteiger partial charge in [-0.1, -0.05) is 32.1 Å². The number of rotatable bonds is 3. The molecule has 2 rings (SSSR count). The first-order chi connectivity index (χ1) is 10.6. The van der Waals surface area contributed by atoms with E-state index in [1.54, 1.807) is 6.92 Å². The summed E-state index contributed by atoms with van der Waals surface area (Å²) in [6.45, 7) is 9.68. The van der Waals surface area contributed by atoms with E-state index in [1.807, 2.05) is 6.92 Å². The van der Waals surface area contributed by atoms with Crippen LogP contribution in [0.4, 0.5) is 5.13 Å². The molecule has 0 unspecified atom stereocenters. The topological polar surface area (TPSA) is 81.2 Å². The third-order valence-corrected chi connectivity index (χ3v) is 5.67. The van der Waals surface area contributed by atoms with Crippen LogP contribution < -0.4 is 5.32 Å². The lowest BCUT2D eigenvalue weighted by atomic mass is 9.98. The highest BCUT2D eigenvalue weighted by Gasteiger charge is 2.24. The number of esters is 1. The lowest BCUT2D eigenvalue weighted by molar-refractivity contribution is 0.0605. The molecule has 2 aromatic heterocycles. The van der Waals surface area contributed by atoms with Crippen molar-refractivity contribution in [2.24, 2.45) is 0 Å². The number of nitrogens with zero attached hydrogens (tertiary/aromatic N) is 2. The number of carbonyl (C=O) groups is 2. The van der Waals surface area contributed by atoms with Crippen LogP contribution in [0.15, 0.2) is 0 Å². The average Bonchev–Trinajstić information content (AvgIpc) is 3.00. The molecule has 2 heterocycles. The summed E-state index contributed by atoms with van der Waals surface area (Å²) < 4.78 is 4.69. The van der Waals surface area contributed by atoms with E-state index in [2.05, 4.69) is 36.1 Å². The number of aromatic nitrogens is 2. The van der Waals surface area contributed by atoms with Crippen molar-refractivity contribution in [3.8, 4) is 0 Å². The number of hydrogen-bond donors (Lipinski definition) is 1. The van der Waals surface area contributed by atoms with Crippen LogP contribution >= 0.6 is 22.7 Å². The average molecular weight is 353 g/mol. The fourth-order valence-corrected chi connectivity index (χ4v) is 3.71. The van der Waals surface area contributed by atoms with E-state index in [-0.39, 0.29) is 11.3 Å². The number of thiazole rings is 2. The largest absolute Gasteiger partial charge is 0.465 e. The summed E-state index contributed by atoms with van der Waals surface area (Å²) in [4.78, 5) is 33.7. The summed E-state index contributed by atoms with van der Waals surface area (Å²) in [5.41, 5.74) is 1.12. The van der Waals surface area contributed by atoms with Crippen molar-refractivity contribution in [1.82, 2.24) is 9.97 Å². The first-order valence-corrected chi connectivity index (χ1v) is 8.61. The maximum Gasteiger partial charge on any atom is 0.350 e. The molecular weight excluding hydrogens is 334 g/mol. The molecule has 0 spiro atoms. The van der Waals surface area contributed by atoms with Crippen LogP contribution in [0.3, 0.4) is 0 Å². The van der Waals surface area contributed by atoms with Crippen molar-refractivity contribution in [2.75, 3.05) is 12.4 Å².